The summed E-state index contributed by atoms with van der Waals surface area (Å²) >= 11 is 0. The van der Waals surface area contributed by atoms with Crippen LogP contribution in [0.1, 0.15) is 18.4 Å². The van der Waals surface area contributed by atoms with E-state index in [1.807, 2.05) is 6.92 Å². The van der Waals surface area contributed by atoms with Crippen molar-refractivity contribution in [3.05, 3.63) is 23.6 Å². The normalized spacial score (nSPS) is 18.7. The summed E-state index contributed by atoms with van der Waals surface area (Å²) in [7, 11) is 0. The Bertz CT molecular complexity index is 470. The summed E-state index contributed by atoms with van der Waals surface area (Å²) in [6.07, 6.45) is 0.222. The lowest BCUT2D eigenvalue weighted by atomic mass is 9.91. The Morgan fingerprint density at radius 2 is 2.06 bits per heavy atom. The molecule has 1 aromatic rings. The molecule has 0 saturated carbocycles. The highest BCUT2D eigenvalue weighted by Crippen LogP contribution is 2.27. The van der Waals surface area contributed by atoms with Crippen molar-refractivity contribution in [2.75, 3.05) is 18.0 Å². The maximum atomic E-state index is 13.1. The minimum atomic E-state index is -1.67. The van der Waals surface area contributed by atoms with E-state index in [2.05, 4.69) is 4.98 Å². The number of nitrogens with zero attached hydrogens (tertiary/aromatic N) is 2. The number of hydrogen-bond donors (Lipinski definition) is 2. The van der Waals surface area contributed by atoms with Crippen molar-refractivity contribution in [2.24, 2.45) is 0 Å². The highest BCUT2D eigenvalue weighted by atomic mass is 19.1. The molecule has 1 aromatic heterocycles. The maximum absolute atomic E-state index is 13.1. The fourth-order valence-electron chi connectivity index (χ4n) is 2.12. The molecule has 0 spiro atoms. The van der Waals surface area contributed by atoms with Crippen LogP contribution in [0.25, 0.3) is 0 Å². The Hall–Kier alpha value is -1.69. The van der Waals surface area contributed by atoms with Crippen molar-refractivity contribution in [2.45, 2.75) is 25.4 Å². The van der Waals surface area contributed by atoms with Gasteiger partial charge in [0.05, 0.1) is 0 Å². The molecule has 0 aliphatic carbocycles. The van der Waals surface area contributed by atoms with Gasteiger partial charge in [0.25, 0.3) is 0 Å². The van der Waals surface area contributed by atoms with Crippen molar-refractivity contribution in [1.82, 2.24) is 4.98 Å². The van der Waals surface area contributed by atoms with Gasteiger partial charge in [-0.15, -0.1) is 0 Å². The Balaban J connectivity index is 2.15. The predicted octanol–water partition coefficient (Wildman–Crippen LogP) is 0.945. The molecule has 5 nitrogen and oxygen atoms in total. The van der Waals surface area contributed by atoms with Gasteiger partial charge in [-0.3, -0.25) is 0 Å². The number of hydrogen-bond acceptors (Lipinski definition) is 4. The maximum Gasteiger partial charge on any atom is 0.335 e. The van der Waals surface area contributed by atoms with Crippen molar-refractivity contribution >= 4 is 11.8 Å². The largest absolute Gasteiger partial charge is 0.479 e. The second-order valence-electron chi connectivity index (χ2n) is 4.60. The van der Waals surface area contributed by atoms with Crippen LogP contribution in [0.2, 0.25) is 0 Å². The number of rotatable bonds is 2. The van der Waals surface area contributed by atoms with Gasteiger partial charge in [0.2, 0.25) is 5.95 Å². The van der Waals surface area contributed by atoms with Crippen LogP contribution in [0, 0.1) is 12.9 Å². The third-order valence-corrected chi connectivity index (χ3v) is 3.32. The highest BCUT2D eigenvalue weighted by molar-refractivity contribution is 5.77. The van der Waals surface area contributed by atoms with Crippen molar-refractivity contribution < 1.29 is 19.4 Å². The summed E-state index contributed by atoms with van der Waals surface area (Å²) in [5.41, 5.74) is -0.838. The second-order valence-corrected chi connectivity index (χ2v) is 4.60. The third-order valence-electron chi connectivity index (χ3n) is 3.32. The summed E-state index contributed by atoms with van der Waals surface area (Å²) in [6.45, 7) is 2.51. The topological polar surface area (TPSA) is 73.7 Å². The first-order valence-corrected chi connectivity index (χ1v) is 5.76. The zero-order valence-electron chi connectivity index (χ0n) is 10.1. The van der Waals surface area contributed by atoms with E-state index in [0.29, 0.717) is 18.9 Å². The van der Waals surface area contributed by atoms with Crippen LogP contribution in [-0.2, 0) is 4.79 Å². The van der Waals surface area contributed by atoms with Gasteiger partial charge in [-0.25, -0.2) is 9.78 Å². The quantitative estimate of drug-likeness (QED) is 0.768. The molecule has 0 radical (unpaired) electrons. The number of aromatic nitrogens is 1. The van der Waals surface area contributed by atoms with Gasteiger partial charge in [-0.2, -0.15) is 4.39 Å². The van der Waals surface area contributed by atoms with Gasteiger partial charge in [0.15, 0.2) is 5.60 Å². The SMILES string of the molecule is Cc1ccc(F)nc1N1CCC(O)(C(=O)O)CC1. The lowest BCUT2D eigenvalue weighted by Crippen LogP contribution is -2.49. The van der Waals surface area contributed by atoms with Gasteiger partial charge in [-0.05, 0) is 18.6 Å². The molecule has 2 heterocycles. The van der Waals surface area contributed by atoms with Crippen LogP contribution in [0.4, 0.5) is 10.2 Å². The smallest absolute Gasteiger partial charge is 0.335 e. The summed E-state index contributed by atoms with van der Waals surface area (Å²) in [5, 5.41) is 18.7. The molecule has 0 bridgehead atoms. The van der Waals surface area contributed by atoms with Crippen molar-refractivity contribution in [1.29, 1.82) is 0 Å². The van der Waals surface area contributed by atoms with Crippen molar-refractivity contribution in [3.8, 4) is 0 Å². The first kappa shape index (κ1) is 12.8. The minimum absolute atomic E-state index is 0.111. The molecule has 98 valence electrons. The van der Waals surface area contributed by atoms with Crippen LogP contribution in [0.3, 0.4) is 0 Å². The van der Waals surface area contributed by atoms with Gasteiger partial charge >= 0.3 is 5.97 Å². The molecule has 6 heteroatoms. The fourth-order valence-corrected chi connectivity index (χ4v) is 2.12. The number of carboxylic acid groups (broad SMARTS) is 1. The summed E-state index contributed by atoms with van der Waals surface area (Å²) < 4.78 is 13.1. The van der Waals surface area contributed by atoms with E-state index in [4.69, 9.17) is 5.11 Å². The first-order valence-electron chi connectivity index (χ1n) is 5.76. The molecule has 0 unspecified atom stereocenters. The minimum Gasteiger partial charge on any atom is -0.479 e. The Morgan fingerprint density at radius 3 is 2.61 bits per heavy atom. The van der Waals surface area contributed by atoms with E-state index < -0.39 is 17.5 Å². The van der Waals surface area contributed by atoms with Crippen LogP contribution in [0.15, 0.2) is 12.1 Å². The van der Waals surface area contributed by atoms with Crippen LogP contribution >= 0.6 is 0 Å². The molecule has 2 N–H and O–H groups in total. The van der Waals surface area contributed by atoms with Gasteiger partial charge in [0, 0.05) is 25.9 Å². The molecule has 1 aliphatic heterocycles. The number of aliphatic hydroxyl groups is 1. The Labute approximate surface area is 104 Å². The lowest BCUT2D eigenvalue weighted by molar-refractivity contribution is -0.160. The molecule has 0 amide bonds. The molecule has 1 fully saturated rings. The third kappa shape index (κ3) is 2.28. The monoisotopic (exact) mass is 254 g/mol. The summed E-state index contributed by atoms with van der Waals surface area (Å²) in [6, 6.07) is 2.92. The molecular formula is C12H15FN2O3. The summed E-state index contributed by atoms with van der Waals surface area (Å²) in [5.74, 6) is -1.25. The Morgan fingerprint density at radius 1 is 1.44 bits per heavy atom. The van der Waals surface area contributed by atoms with Crippen LogP contribution in [0.5, 0.6) is 0 Å². The zero-order chi connectivity index (χ0) is 13.3. The number of carboxylic acids is 1. The average Bonchev–Trinajstić information content (AvgIpc) is 2.33. The van der Waals surface area contributed by atoms with Crippen LogP contribution < -0.4 is 4.90 Å². The lowest BCUT2D eigenvalue weighted by Gasteiger charge is -2.36. The predicted molar refractivity (Wildman–Crippen MR) is 63.0 cm³/mol. The van der Waals surface area contributed by atoms with Crippen molar-refractivity contribution in [3.63, 3.8) is 0 Å². The van der Waals surface area contributed by atoms with Gasteiger partial charge in [0.1, 0.15) is 5.82 Å². The van der Waals surface area contributed by atoms with E-state index in [9.17, 15) is 14.3 Å². The molecule has 2 rings (SSSR count). The number of pyridine rings is 1. The molecule has 1 saturated heterocycles. The van der Waals surface area contributed by atoms with E-state index in [1.165, 1.54) is 6.07 Å². The molecule has 0 atom stereocenters. The molecule has 1 aliphatic rings. The van der Waals surface area contributed by atoms with Gasteiger partial charge < -0.3 is 15.1 Å². The Kier molecular flexibility index (Phi) is 3.21. The number of piperidine rings is 1. The average molecular weight is 254 g/mol. The summed E-state index contributed by atoms with van der Waals surface area (Å²) in [4.78, 5) is 16.5. The second kappa shape index (κ2) is 4.53. The molecule has 18 heavy (non-hydrogen) atoms. The van der Waals surface area contributed by atoms with E-state index in [-0.39, 0.29) is 12.8 Å². The van der Waals surface area contributed by atoms with E-state index in [0.717, 1.165) is 5.56 Å². The standard InChI is InChI=1S/C12H15FN2O3/c1-8-2-3-9(13)14-10(8)15-6-4-12(18,5-7-15)11(16)17/h2-3,18H,4-7H2,1H3,(H,16,17). The van der Waals surface area contributed by atoms with E-state index >= 15 is 0 Å². The van der Waals surface area contributed by atoms with E-state index in [1.54, 1.807) is 11.0 Å². The number of aliphatic carboxylic acids is 1. The number of halogens is 1. The number of aryl methyl sites for hydroxylation is 1. The molecular weight excluding hydrogens is 239 g/mol. The first-order chi connectivity index (χ1) is 8.42. The number of carbonyl (C=O) groups is 1. The number of anilines is 1. The zero-order valence-corrected chi connectivity index (χ0v) is 10.1. The van der Waals surface area contributed by atoms with Crippen LogP contribution in [-0.4, -0.2) is 39.9 Å². The highest BCUT2D eigenvalue weighted by Gasteiger charge is 2.39. The fraction of sp³-hybridized carbons (Fsp3) is 0.500. The molecule has 0 aromatic carbocycles. The van der Waals surface area contributed by atoms with Gasteiger partial charge in [-0.1, -0.05) is 6.07 Å².